The Balaban J connectivity index is 1.59. The maximum atomic E-state index is 6.18. The molecule has 2 aliphatic rings. The van der Waals surface area contributed by atoms with Gasteiger partial charge in [0.2, 0.25) is 0 Å². The summed E-state index contributed by atoms with van der Waals surface area (Å²) in [4.78, 5) is 6.77. The van der Waals surface area contributed by atoms with E-state index in [2.05, 4.69) is 29.1 Å². The fourth-order valence-electron chi connectivity index (χ4n) is 3.46. The molecule has 18 heavy (non-hydrogen) atoms. The summed E-state index contributed by atoms with van der Waals surface area (Å²) in [7, 11) is 2.23. The maximum absolute atomic E-state index is 6.18. The Morgan fingerprint density at radius 3 is 2.61 bits per heavy atom. The first-order valence-corrected chi connectivity index (χ1v) is 6.94. The van der Waals surface area contributed by atoms with E-state index in [0.717, 1.165) is 17.5 Å². The van der Waals surface area contributed by atoms with E-state index in [9.17, 15) is 0 Å². The Labute approximate surface area is 109 Å². The molecule has 2 bridgehead atoms. The van der Waals surface area contributed by atoms with E-state index >= 15 is 0 Å². The molecular formula is C15H22N2O. The molecule has 2 heterocycles. The number of aromatic nitrogens is 1. The average Bonchev–Trinajstić information content (AvgIpc) is 2.60. The zero-order valence-corrected chi connectivity index (χ0v) is 11.3. The number of aryl methyl sites for hydroxylation is 1. The van der Waals surface area contributed by atoms with Crippen LogP contribution in [-0.4, -0.2) is 36.1 Å². The SMILES string of the molecule is Cc1ccc(COC2[C@@H]3CC[C@H]2CN(C)C3)cn1. The van der Waals surface area contributed by atoms with Crippen LogP contribution in [0.4, 0.5) is 0 Å². The molecule has 0 N–H and O–H groups in total. The van der Waals surface area contributed by atoms with Crippen LogP contribution in [0.1, 0.15) is 24.1 Å². The van der Waals surface area contributed by atoms with E-state index < -0.39 is 0 Å². The van der Waals surface area contributed by atoms with Gasteiger partial charge in [-0.1, -0.05) is 6.07 Å². The van der Waals surface area contributed by atoms with Crippen molar-refractivity contribution in [3.8, 4) is 0 Å². The normalized spacial score (nSPS) is 31.8. The van der Waals surface area contributed by atoms with E-state index in [1.54, 1.807) is 0 Å². The summed E-state index contributed by atoms with van der Waals surface area (Å²) < 4.78 is 6.18. The van der Waals surface area contributed by atoms with E-state index in [1.807, 2.05) is 13.1 Å². The second-order valence-electron chi connectivity index (χ2n) is 5.90. The Morgan fingerprint density at radius 1 is 1.28 bits per heavy atom. The van der Waals surface area contributed by atoms with Crippen molar-refractivity contribution in [3.05, 3.63) is 29.6 Å². The molecule has 1 aliphatic heterocycles. The smallest absolute Gasteiger partial charge is 0.0735 e. The van der Waals surface area contributed by atoms with Crippen LogP contribution in [-0.2, 0) is 11.3 Å². The zero-order valence-electron chi connectivity index (χ0n) is 11.3. The minimum absolute atomic E-state index is 0.475. The van der Waals surface area contributed by atoms with Gasteiger partial charge in [-0.05, 0) is 50.3 Å². The lowest BCUT2D eigenvalue weighted by atomic mass is 9.95. The van der Waals surface area contributed by atoms with Crippen molar-refractivity contribution < 1.29 is 4.74 Å². The third kappa shape index (κ3) is 2.43. The van der Waals surface area contributed by atoms with Gasteiger partial charge in [0.05, 0.1) is 12.7 Å². The lowest BCUT2D eigenvalue weighted by molar-refractivity contribution is -0.0460. The average molecular weight is 246 g/mol. The highest BCUT2D eigenvalue weighted by Crippen LogP contribution is 2.38. The van der Waals surface area contributed by atoms with Gasteiger partial charge < -0.3 is 9.64 Å². The first kappa shape index (κ1) is 12.1. The third-order valence-corrected chi connectivity index (χ3v) is 4.34. The van der Waals surface area contributed by atoms with Crippen molar-refractivity contribution in [1.82, 2.24) is 9.88 Å². The molecule has 98 valence electrons. The van der Waals surface area contributed by atoms with E-state index in [-0.39, 0.29) is 0 Å². The van der Waals surface area contributed by atoms with Crippen LogP contribution in [0.15, 0.2) is 18.3 Å². The van der Waals surface area contributed by atoms with Gasteiger partial charge in [-0.25, -0.2) is 0 Å². The number of fused-ring (bicyclic) bond motifs is 2. The van der Waals surface area contributed by atoms with Gasteiger partial charge >= 0.3 is 0 Å². The monoisotopic (exact) mass is 246 g/mol. The summed E-state index contributed by atoms with van der Waals surface area (Å²) in [5.74, 6) is 1.49. The predicted molar refractivity (Wildman–Crippen MR) is 71.3 cm³/mol. The van der Waals surface area contributed by atoms with Crippen molar-refractivity contribution in [1.29, 1.82) is 0 Å². The second kappa shape index (κ2) is 4.98. The summed E-state index contributed by atoms with van der Waals surface area (Å²) in [6.45, 7) is 5.14. The number of likely N-dealkylation sites (tertiary alicyclic amines) is 1. The second-order valence-corrected chi connectivity index (χ2v) is 5.90. The maximum Gasteiger partial charge on any atom is 0.0735 e. The van der Waals surface area contributed by atoms with Crippen LogP contribution in [0.25, 0.3) is 0 Å². The van der Waals surface area contributed by atoms with Gasteiger partial charge in [-0.3, -0.25) is 4.98 Å². The summed E-state index contributed by atoms with van der Waals surface area (Å²) in [5, 5.41) is 0. The Bertz CT molecular complexity index is 389. The number of rotatable bonds is 3. The van der Waals surface area contributed by atoms with Gasteiger partial charge in [0.1, 0.15) is 0 Å². The highest BCUT2D eigenvalue weighted by molar-refractivity contribution is 5.12. The van der Waals surface area contributed by atoms with Crippen molar-refractivity contribution in [2.24, 2.45) is 11.8 Å². The molecule has 3 heteroatoms. The summed E-state index contributed by atoms with van der Waals surface area (Å²) in [5.41, 5.74) is 2.26. The molecule has 3 atom stereocenters. The van der Waals surface area contributed by atoms with Crippen LogP contribution in [0.5, 0.6) is 0 Å². The lowest BCUT2D eigenvalue weighted by Gasteiger charge is -2.35. The Morgan fingerprint density at radius 2 is 2.00 bits per heavy atom. The molecule has 0 amide bonds. The molecule has 1 unspecified atom stereocenters. The topological polar surface area (TPSA) is 25.4 Å². The van der Waals surface area contributed by atoms with Gasteiger partial charge in [0, 0.05) is 25.0 Å². The Kier molecular flexibility index (Phi) is 3.35. The summed E-state index contributed by atoms with van der Waals surface area (Å²) in [6.07, 6.45) is 5.09. The van der Waals surface area contributed by atoms with Crippen molar-refractivity contribution in [2.45, 2.75) is 32.5 Å². The molecule has 1 aliphatic carbocycles. The number of hydrogen-bond donors (Lipinski definition) is 0. The van der Waals surface area contributed by atoms with Gasteiger partial charge in [0.15, 0.2) is 0 Å². The molecule has 0 radical (unpaired) electrons. The first-order valence-electron chi connectivity index (χ1n) is 6.94. The van der Waals surface area contributed by atoms with E-state index in [1.165, 1.54) is 31.5 Å². The standard InChI is InChI=1S/C15H22N2O/c1-11-3-4-12(7-16-11)10-18-15-13-5-6-14(15)9-17(2)8-13/h3-4,7,13-15H,5-6,8-10H2,1-2H3/t13-,14+,15?. The molecule has 3 rings (SSSR count). The molecule has 1 saturated heterocycles. The molecule has 1 aromatic heterocycles. The van der Waals surface area contributed by atoms with Crippen LogP contribution in [0.3, 0.4) is 0 Å². The van der Waals surface area contributed by atoms with Crippen LogP contribution >= 0.6 is 0 Å². The van der Waals surface area contributed by atoms with Gasteiger partial charge in [-0.2, -0.15) is 0 Å². The number of pyridine rings is 1. The molecule has 0 spiro atoms. The molecule has 0 aromatic carbocycles. The quantitative estimate of drug-likeness (QED) is 0.818. The fraction of sp³-hybridized carbons (Fsp3) is 0.667. The number of ether oxygens (including phenoxy) is 1. The molecular weight excluding hydrogens is 224 g/mol. The molecule has 1 saturated carbocycles. The molecule has 1 aromatic rings. The zero-order chi connectivity index (χ0) is 12.5. The van der Waals surface area contributed by atoms with Gasteiger partial charge in [0.25, 0.3) is 0 Å². The van der Waals surface area contributed by atoms with E-state index in [4.69, 9.17) is 4.74 Å². The fourth-order valence-corrected chi connectivity index (χ4v) is 3.46. The van der Waals surface area contributed by atoms with Crippen LogP contribution in [0, 0.1) is 18.8 Å². The highest BCUT2D eigenvalue weighted by atomic mass is 16.5. The van der Waals surface area contributed by atoms with Crippen LogP contribution < -0.4 is 0 Å². The largest absolute Gasteiger partial charge is 0.373 e. The van der Waals surface area contributed by atoms with Crippen LogP contribution in [0.2, 0.25) is 0 Å². The number of piperidine rings is 1. The predicted octanol–water partition coefficient (Wildman–Crippen LogP) is 2.25. The van der Waals surface area contributed by atoms with Crippen molar-refractivity contribution in [2.75, 3.05) is 20.1 Å². The van der Waals surface area contributed by atoms with Gasteiger partial charge in [-0.15, -0.1) is 0 Å². The number of hydrogen-bond acceptors (Lipinski definition) is 3. The summed E-state index contributed by atoms with van der Waals surface area (Å²) in [6, 6.07) is 4.18. The molecule has 3 nitrogen and oxygen atoms in total. The minimum atomic E-state index is 0.475. The number of nitrogens with zero attached hydrogens (tertiary/aromatic N) is 2. The lowest BCUT2D eigenvalue weighted by Crippen LogP contribution is -2.43. The van der Waals surface area contributed by atoms with Crippen molar-refractivity contribution in [3.63, 3.8) is 0 Å². The van der Waals surface area contributed by atoms with E-state index in [0.29, 0.717) is 12.7 Å². The third-order valence-electron chi connectivity index (χ3n) is 4.34. The minimum Gasteiger partial charge on any atom is -0.373 e. The summed E-state index contributed by atoms with van der Waals surface area (Å²) >= 11 is 0. The Hall–Kier alpha value is -0.930. The first-order chi connectivity index (χ1) is 8.72. The van der Waals surface area contributed by atoms with Crippen molar-refractivity contribution >= 4 is 0 Å². The highest BCUT2D eigenvalue weighted by Gasteiger charge is 2.41. The molecule has 2 fully saturated rings.